The van der Waals surface area contributed by atoms with Crippen LogP contribution in [0.2, 0.25) is 0 Å². The second-order valence-corrected chi connectivity index (χ2v) is 0.129. The van der Waals surface area contributed by atoms with Crippen LogP contribution in [-0.4, -0.2) is 23.1 Å². The van der Waals surface area contributed by atoms with Crippen LogP contribution >= 0.6 is 0 Å². The van der Waals surface area contributed by atoms with Gasteiger partial charge in [0.2, 0.25) is 0 Å². The Labute approximate surface area is 40.7 Å². The van der Waals surface area contributed by atoms with Gasteiger partial charge in [-0.05, 0) is 0 Å². The molecule has 0 aromatic carbocycles. The molecule has 0 aliphatic rings. The van der Waals surface area contributed by atoms with E-state index in [0.29, 0.717) is 0 Å². The summed E-state index contributed by atoms with van der Waals surface area (Å²) in [5.74, 6) is 0. The molecule has 0 radical (unpaired) electrons. The Morgan fingerprint density at radius 2 is 1.75 bits per heavy atom. The minimum Gasteiger partial charge on any atom is -0.337 e. The zero-order chi connectivity index (χ0) is 2.71. The van der Waals surface area contributed by atoms with Crippen molar-refractivity contribution in [1.82, 2.24) is 0 Å². The summed E-state index contributed by atoms with van der Waals surface area (Å²) in [4.78, 5) is 0. The molecular weight excluding hydrogens is 64.3 g/mol. The zero-order valence-corrected chi connectivity index (χ0v) is 3.65. The third kappa shape index (κ3) is 725. The Morgan fingerprint density at radius 1 is 1.75 bits per heavy atom. The Balaban J connectivity index is 0. The summed E-state index contributed by atoms with van der Waals surface area (Å²) in [7, 11) is 0. The Hall–Kier alpha value is 0.0562. The minimum atomic E-state index is 0. The third-order valence-corrected chi connectivity index (χ3v) is 0. The molecule has 3 heteroatoms. The molecule has 0 amide bonds. The molecule has 4 heavy (non-hydrogen) atoms. The first-order valence-electron chi connectivity index (χ1n) is 0.512. The summed E-state index contributed by atoms with van der Waals surface area (Å²) in [6.45, 7) is 0. The van der Waals surface area contributed by atoms with Gasteiger partial charge in [0.1, 0.15) is 0 Å². The van der Waals surface area contributed by atoms with Crippen molar-refractivity contribution < 1.29 is 0 Å². The van der Waals surface area contributed by atoms with Gasteiger partial charge in [0.15, 0.2) is 6.19 Å². The molecule has 16 valence electrons. The molecule has 2 N–H and O–H groups in total. The molecule has 0 saturated carbocycles. The maximum Gasteiger partial charge on any atom is 2.00 e. The van der Waals surface area contributed by atoms with Gasteiger partial charge in [-0.2, -0.15) is 5.26 Å². The Bertz CT molecular complexity index is 27.5. The first kappa shape index (κ1) is 8.96. The van der Waals surface area contributed by atoms with Gasteiger partial charge in [-0.25, -0.2) is 0 Å². The SMILES string of the molecule is N#CN.[Mg+2]. The predicted octanol–water partition coefficient (Wildman–Crippen LogP) is -0.955. The van der Waals surface area contributed by atoms with E-state index in [4.69, 9.17) is 5.26 Å². The molecule has 0 rings (SSSR count). The van der Waals surface area contributed by atoms with Crippen LogP contribution in [0.3, 0.4) is 0 Å². The van der Waals surface area contributed by atoms with Gasteiger partial charge < -0.3 is 5.73 Å². The maximum atomic E-state index is 7.10. The molecule has 0 spiro atoms. The predicted molar refractivity (Wildman–Crippen MR) is 15.6 cm³/mol. The molecule has 0 atom stereocenters. The molecule has 0 unspecified atom stereocenters. The number of nitrogens with zero attached hydrogens (tertiary/aromatic N) is 1. The van der Waals surface area contributed by atoms with Crippen LogP contribution in [0.5, 0.6) is 0 Å². The van der Waals surface area contributed by atoms with Crippen LogP contribution < -0.4 is 5.73 Å². The van der Waals surface area contributed by atoms with Gasteiger partial charge in [0, 0.05) is 0 Å². The van der Waals surface area contributed by atoms with Crippen LogP contribution in [0.4, 0.5) is 0 Å². The van der Waals surface area contributed by atoms with E-state index >= 15 is 0 Å². The second kappa shape index (κ2) is 11.6. The van der Waals surface area contributed by atoms with E-state index in [1.54, 1.807) is 0 Å². The molecule has 0 aromatic heterocycles. The summed E-state index contributed by atoms with van der Waals surface area (Å²) in [6, 6.07) is 0. The average molecular weight is 66.3 g/mol. The summed E-state index contributed by atoms with van der Waals surface area (Å²) >= 11 is 0. The van der Waals surface area contributed by atoms with Crippen molar-refractivity contribution in [2.45, 2.75) is 0 Å². The summed E-state index contributed by atoms with van der Waals surface area (Å²) < 4.78 is 0. The molecule has 0 aliphatic heterocycles. The van der Waals surface area contributed by atoms with Crippen molar-refractivity contribution in [2.24, 2.45) is 5.73 Å². The Kier molecular flexibility index (Phi) is 25.9. The molecule has 0 bridgehead atoms. The van der Waals surface area contributed by atoms with E-state index in [1.807, 2.05) is 0 Å². The zero-order valence-electron chi connectivity index (χ0n) is 2.23. The quantitative estimate of drug-likeness (QED) is 0.225. The van der Waals surface area contributed by atoms with Crippen molar-refractivity contribution in [2.75, 3.05) is 0 Å². The standard InChI is InChI=1S/CH2N2.Mg/c2-1-3;/h2H2;/q;+2. The molecule has 2 nitrogen and oxygen atoms in total. The maximum absolute atomic E-state index is 7.10. The van der Waals surface area contributed by atoms with E-state index in [1.165, 1.54) is 6.19 Å². The van der Waals surface area contributed by atoms with Crippen LogP contribution in [0.15, 0.2) is 0 Å². The van der Waals surface area contributed by atoms with Crippen LogP contribution in [0.25, 0.3) is 0 Å². The molecule has 0 heterocycles. The van der Waals surface area contributed by atoms with Crippen LogP contribution in [0, 0.1) is 11.5 Å². The third-order valence-electron chi connectivity index (χ3n) is 0. The van der Waals surface area contributed by atoms with Gasteiger partial charge >= 0.3 is 23.1 Å². The second-order valence-electron chi connectivity index (χ2n) is 0.129. The topological polar surface area (TPSA) is 49.8 Å². The van der Waals surface area contributed by atoms with Gasteiger partial charge in [0.05, 0.1) is 0 Å². The van der Waals surface area contributed by atoms with Crippen LogP contribution in [-0.2, 0) is 0 Å². The molecule has 0 aromatic rings. The van der Waals surface area contributed by atoms with Gasteiger partial charge in [0.25, 0.3) is 0 Å². The van der Waals surface area contributed by atoms with Gasteiger partial charge in [-0.1, -0.05) is 0 Å². The van der Waals surface area contributed by atoms with Crippen molar-refractivity contribution >= 4 is 23.1 Å². The smallest absolute Gasteiger partial charge is 0.337 e. The first-order chi connectivity index (χ1) is 1.41. The largest absolute Gasteiger partial charge is 2.00 e. The van der Waals surface area contributed by atoms with Crippen molar-refractivity contribution in [3.63, 3.8) is 0 Å². The van der Waals surface area contributed by atoms with E-state index in [0.717, 1.165) is 0 Å². The normalized spacial score (nSPS) is 1.75. The van der Waals surface area contributed by atoms with Crippen molar-refractivity contribution in [3.8, 4) is 6.19 Å². The van der Waals surface area contributed by atoms with Crippen LogP contribution in [0.1, 0.15) is 0 Å². The molecular formula is CH2MgN2+2. The Morgan fingerprint density at radius 3 is 1.75 bits per heavy atom. The summed E-state index contributed by atoms with van der Waals surface area (Å²) in [6.07, 6.45) is 1.25. The minimum absolute atomic E-state index is 0. The fourth-order valence-electron chi connectivity index (χ4n) is 0. The monoisotopic (exact) mass is 66.0 g/mol. The average Bonchev–Trinajstić information content (AvgIpc) is 0.918. The van der Waals surface area contributed by atoms with E-state index < -0.39 is 0 Å². The summed E-state index contributed by atoms with van der Waals surface area (Å²) in [5.41, 5.74) is 4.15. The number of hydrogen-bond acceptors (Lipinski definition) is 2. The van der Waals surface area contributed by atoms with Crippen molar-refractivity contribution in [1.29, 1.82) is 5.26 Å². The van der Waals surface area contributed by atoms with Gasteiger partial charge in [-0.15, -0.1) is 0 Å². The van der Waals surface area contributed by atoms with E-state index in [9.17, 15) is 0 Å². The first-order valence-corrected chi connectivity index (χ1v) is 0.512. The number of rotatable bonds is 0. The number of hydrogen-bond donors (Lipinski definition) is 1. The summed E-state index contributed by atoms with van der Waals surface area (Å²) in [5, 5.41) is 7.10. The van der Waals surface area contributed by atoms with Gasteiger partial charge in [-0.3, -0.25) is 0 Å². The molecule has 0 aliphatic carbocycles. The fourth-order valence-corrected chi connectivity index (χ4v) is 0. The number of nitrogens with two attached hydrogens (primary N) is 1. The van der Waals surface area contributed by atoms with E-state index in [2.05, 4.69) is 5.73 Å². The molecule has 0 saturated heterocycles. The number of nitriles is 1. The fraction of sp³-hybridized carbons (Fsp3) is 0. The molecule has 0 fully saturated rings. The van der Waals surface area contributed by atoms with Crippen molar-refractivity contribution in [3.05, 3.63) is 0 Å². The van der Waals surface area contributed by atoms with E-state index in [-0.39, 0.29) is 23.1 Å².